The Bertz CT molecular complexity index is 2780. The van der Waals surface area contributed by atoms with Gasteiger partial charge >= 0.3 is 0 Å². The molecule has 0 saturated carbocycles. The first-order chi connectivity index (χ1) is 22.7. The maximum Gasteiger partial charge on any atom is 0.266 e. The summed E-state index contributed by atoms with van der Waals surface area (Å²) in [4.78, 5) is 56.7. The van der Waals surface area contributed by atoms with Crippen molar-refractivity contribution in [3.8, 4) is 11.4 Å². The van der Waals surface area contributed by atoms with Gasteiger partial charge in [-0.3, -0.25) is 19.2 Å². The van der Waals surface area contributed by atoms with Gasteiger partial charge in [-0.2, -0.15) is 0 Å². The topological polar surface area (TPSA) is 78.1 Å². The third kappa shape index (κ3) is 3.49. The lowest BCUT2D eigenvalue weighted by Crippen LogP contribution is -2.33. The summed E-state index contributed by atoms with van der Waals surface area (Å²) in [6, 6.07) is 26.5. The lowest BCUT2D eigenvalue weighted by atomic mass is 9.94. The zero-order valence-corrected chi connectivity index (χ0v) is 26.8. The number of hydrogen-bond donors (Lipinski definition) is 0. The predicted octanol–water partition coefficient (Wildman–Crippen LogP) is 7.80. The van der Waals surface area contributed by atoms with Gasteiger partial charge in [-0.25, -0.2) is 9.13 Å². The number of para-hydroxylation sites is 2. The number of aromatic nitrogens is 2. The third-order valence-electron chi connectivity index (χ3n) is 9.82. The van der Waals surface area contributed by atoms with E-state index >= 15 is 0 Å². The molecule has 0 unspecified atom stereocenters. The predicted molar refractivity (Wildman–Crippen MR) is 194 cm³/mol. The zero-order valence-electron chi connectivity index (χ0n) is 26.0. The lowest BCUT2D eigenvalue weighted by Gasteiger charge is -2.15. The van der Waals surface area contributed by atoms with Gasteiger partial charge in [0.25, 0.3) is 22.2 Å². The van der Waals surface area contributed by atoms with Gasteiger partial charge in [0, 0.05) is 52.5 Å². The van der Waals surface area contributed by atoms with Crippen LogP contribution in [0, 0.1) is 27.7 Å². The molecule has 6 aromatic carbocycles. The summed E-state index contributed by atoms with van der Waals surface area (Å²) in [5.74, 6) is 0. The average Bonchev–Trinajstić information content (AvgIpc) is 3.19. The summed E-state index contributed by atoms with van der Waals surface area (Å²) >= 11 is 1.53. The van der Waals surface area contributed by atoms with Gasteiger partial charge in [0.1, 0.15) is 0 Å². The average molecular weight is 631 g/mol. The van der Waals surface area contributed by atoms with E-state index in [-0.39, 0.29) is 22.2 Å². The smallest absolute Gasteiger partial charge is 0.266 e. The number of benzene rings is 6. The lowest BCUT2D eigenvalue weighted by molar-refractivity contribution is 0.946. The van der Waals surface area contributed by atoms with Crippen LogP contribution in [-0.2, 0) is 0 Å². The van der Waals surface area contributed by atoms with E-state index in [1.807, 2.05) is 113 Å². The third-order valence-corrected chi connectivity index (χ3v) is 10.9. The highest BCUT2D eigenvalue weighted by atomic mass is 32.1. The molecule has 0 fully saturated rings. The molecule has 7 heteroatoms. The monoisotopic (exact) mass is 630 g/mol. The molecular weight excluding hydrogens is 605 g/mol. The van der Waals surface area contributed by atoms with Crippen LogP contribution in [0.25, 0.3) is 74.6 Å². The molecule has 0 atom stereocenters. The van der Waals surface area contributed by atoms with E-state index in [4.69, 9.17) is 0 Å². The summed E-state index contributed by atoms with van der Waals surface area (Å²) < 4.78 is 4.43. The van der Waals surface area contributed by atoms with Gasteiger partial charge in [-0.15, -0.1) is 11.3 Å². The van der Waals surface area contributed by atoms with E-state index in [2.05, 4.69) is 0 Å². The fourth-order valence-electron chi connectivity index (χ4n) is 7.77. The van der Waals surface area contributed by atoms with Crippen LogP contribution in [-0.4, -0.2) is 9.13 Å². The molecule has 0 aliphatic rings. The van der Waals surface area contributed by atoms with Crippen molar-refractivity contribution < 1.29 is 0 Å². The zero-order chi connectivity index (χ0) is 32.5. The van der Waals surface area contributed by atoms with Crippen molar-refractivity contribution in [1.82, 2.24) is 9.13 Å². The van der Waals surface area contributed by atoms with E-state index in [1.54, 1.807) is 0 Å². The van der Waals surface area contributed by atoms with E-state index in [0.29, 0.717) is 43.7 Å². The van der Waals surface area contributed by atoms with Crippen LogP contribution in [0.5, 0.6) is 0 Å². The Morgan fingerprint density at radius 2 is 0.681 bits per heavy atom. The summed E-state index contributed by atoms with van der Waals surface area (Å²) in [6.07, 6.45) is 0. The molecule has 0 N–H and O–H groups in total. The van der Waals surface area contributed by atoms with Gasteiger partial charge in [0.15, 0.2) is 0 Å². The highest BCUT2D eigenvalue weighted by Gasteiger charge is 2.23. The number of pyridine rings is 2. The van der Waals surface area contributed by atoms with Crippen molar-refractivity contribution >= 4 is 74.6 Å². The molecule has 0 radical (unpaired) electrons. The molecule has 0 saturated heterocycles. The molecule has 3 heterocycles. The Labute approximate surface area is 270 Å². The standard InChI is InChI=1S/C40H26N2O4S/c1-19-7-5-8-20(2)35(19)41-37(43)25-13-11-23-24-12-14-26-32-28(40(46)42(38(26)44)36-21(3)9-6-10-22(36)4)16-18-30(34(24)32)47-29-17-15-27(39(41)45)31(25)33(23)29/h5-18H,1-4H3. The van der Waals surface area contributed by atoms with Gasteiger partial charge < -0.3 is 0 Å². The number of rotatable bonds is 2. The SMILES string of the molecule is Cc1cccc(C)c1-n1c(=O)c2ccc3sc4ccc5c(=O)n(-c6c(C)cccc6C)c(=O)c6ccc(c7ccc(c1=O)c2c37)c4c56. The minimum Gasteiger partial charge on any atom is -0.268 e. The Kier molecular flexibility index (Phi) is 5.55. The highest BCUT2D eigenvalue weighted by Crippen LogP contribution is 2.42. The fraction of sp³-hybridized carbons (Fsp3) is 0.100. The largest absolute Gasteiger partial charge is 0.268 e. The second-order valence-electron chi connectivity index (χ2n) is 12.5. The molecule has 0 aliphatic carbocycles. The molecule has 3 aromatic heterocycles. The molecule has 0 bridgehead atoms. The van der Waals surface area contributed by atoms with Crippen molar-refractivity contribution in [2.75, 3.05) is 0 Å². The van der Waals surface area contributed by atoms with Gasteiger partial charge in [0.05, 0.1) is 11.4 Å². The molecule has 0 amide bonds. The first kappa shape index (κ1) is 27.6. The number of nitrogens with zero attached hydrogens (tertiary/aromatic N) is 2. The molecular formula is C40H26N2O4S. The summed E-state index contributed by atoms with van der Waals surface area (Å²) in [5.41, 5.74) is 3.23. The molecule has 226 valence electrons. The maximum absolute atomic E-state index is 14.2. The van der Waals surface area contributed by atoms with Crippen molar-refractivity contribution in [1.29, 1.82) is 0 Å². The van der Waals surface area contributed by atoms with E-state index in [1.165, 1.54) is 20.5 Å². The Morgan fingerprint density at radius 3 is 1.02 bits per heavy atom. The van der Waals surface area contributed by atoms with Crippen molar-refractivity contribution in [3.63, 3.8) is 0 Å². The van der Waals surface area contributed by atoms with Crippen LogP contribution in [0.3, 0.4) is 0 Å². The maximum atomic E-state index is 14.2. The van der Waals surface area contributed by atoms with Crippen molar-refractivity contribution in [2.24, 2.45) is 0 Å². The molecule has 0 spiro atoms. The highest BCUT2D eigenvalue weighted by molar-refractivity contribution is 7.24. The normalized spacial score (nSPS) is 12.2. The Balaban J connectivity index is 1.47. The fourth-order valence-corrected chi connectivity index (χ4v) is 8.90. The van der Waals surface area contributed by atoms with Gasteiger partial charge in [0.2, 0.25) is 0 Å². The quantitative estimate of drug-likeness (QED) is 0.195. The van der Waals surface area contributed by atoms with Gasteiger partial charge in [-0.05, 0) is 97.1 Å². The van der Waals surface area contributed by atoms with Crippen LogP contribution in [0.15, 0.2) is 104 Å². The number of hydrogen-bond acceptors (Lipinski definition) is 5. The second kappa shape index (κ2) is 9.44. The first-order valence-corrected chi connectivity index (χ1v) is 16.3. The second-order valence-corrected chi connectivity index (χ2v) is 13.6. The van der Waals surface area contributed by atoms with Crippen LogP contribution in [0.2, 0.25) is 0 Å². The van der Waals surface area contributed by atoms with Crippen molar-refractivity contribution in [3.05, 3.63) is 149 Å². The molecule has 6 nitrogen and oxygen atoms in total. The van der Waals surface area contributed by atoms with E-state index in [0.717, 1.165) is 53.2 Å². The summed E-state index contributed by atoms with van der Waals surface area (Å²) in [7, 11) is 0. The molecule has 47 heavy (non-hydrogen) atoms. The van der Waals surface area contributed by atoms with E-state index in [9.17, 15) is 19.2 Å². The first-order valence-electron chi connectivity index (χ1n) is 15.4. The molecule has 9 aromatic rings. The Morgan fingerprint density at radius 1 is 0.383 bits per heavy atom. The number of fused-ring (bicyclic) bond motifs is 1. The van der Waals surface area contributed by atoms with Crippen molar-refractivity contribution in [2.45, 2.75) is 27.7 Å². The van der Waals surface area contributed by atoms with Crippen LogP contribution in [0.1, 0.15) is 22.3 Å². The summed E-state index contributed by atoms with van der Waals surface area (Å²) in [6.45, 7) is 7.63. The molecule has 0 aliphatic heterocycles. The van der Waals surface area contributed by atoms with Gasteiger partial charge in [-0.1, -0.05) is 48.5 Å². The minimum absolute atomic E-state index is 0.352. The number of aryl methyl sites for hydroxylation is 4. The van der Waals surface area contributed by atoms with Crippen LogP contribution in [0.4, 0.5) is 0 Å². The van der Waals surface area contributed by atoms with E-state index < -0.39 is 0 Å². The Hall–Kier alpha value is -5.66. The minimum atomic E-state index is -0.352. The van der Waals surface area contributed by atoms with Crippen LogP contribution >= 0.6 is 11.3 Å². The molecule has 9 rings (SSSR count). The summed E-state index contributed by atoms with van der Waals surface area (Å²) in [5, 5.41) is 6.52. The van der Waals surface area contributed by atoms with Crippen LogP contribution < -0.4 is 22.2 Å².